The molecule has 1 aromatic carbocycles. The Balaban J connectivity index is 1.50. The lowest BCUT2D eigenvalue weighted by atomic mass is 9.63. The quantitative estimate of drug-likeness (QED) is 0.821. The fourth-order valence-electron chi connectivity index (χ4n) is 7.89. The number of hydrogen-bond acceptors (Lipinski definition) is 2. The topological polar surface area (TPSA) is 41.1 Å². The zero-order valence-electron chi connectivity index (χ0n) is 16.7. The Bertz CT molecular complexity index is 712. The van der Waals surface area contributed by atoms with E-state index in [0.717, 1.165) is 44.7 Å². The summed E-state index contributed by atoms with van der Waals surface area (Å²) < 4.78 is 0. The van der Waals surface area contributed by atoms with E-state index in [1.54, 1.807) is 0 Å². The standard InChI is InChI=1S/C24H34N2O/c1-2-10-23-14-18-13-22(16-23,19-6-4-3-5-7-19)17-24(23,15-18)21(27)26-20-8-11-25-12-9-20/h3-7,18,20,25H,2,8-17H2,1H3,(H,26,27)/t18?,22-,23-,24?/m1/s1. The van der Waals surface area contributed by atoms with Crippen molar-refractivity contribution in [1.82, 2.24) is 10.6 Å². The lowest BCUT2D eigenvalue weighted by molar-refractivity contribution is -0.137. The van der Waals surface area contributed by atoms with Crippen molar-refractivity contribution in [2.24, 2.45) is 16.7 Å². The summed E-state index contributed by atoms with van der Waals surface area (Å²) in [4.78, 5) is 13.8. The number of carbonyl (C=O) groups excluding carboxylic acids is 1. The molecule has 3 nitrogen and oxygen atoms in total. The van der Waals surface area contributed by atoms with Crippen molar-refractivity contribution in [2.75, 3.05) is 13.1 Å². The molecule has 6 rings (SSSR count). The molecule has 2 N–H and O–H groups in total. The Labute approximate surface area is 163 Å². The highest BCUT2D eigenvalue weighted by molar-refractivity contribution is 5.86. The molecule has 2 unspecified atom stereocenters. The molecule has 0 spiro atoms. The van der Waals surface area contributed by atoms with Gasteiger partial charge in [0.1, 0.15) is 0 Å². The molecule has 27 heavy (non-hydrogen) atoms. The second-order valence-electron chi connectivity index (χ2n) is 10.1. The summed E-state index contributed by atoms with van der Waals surface area (Å²) in [6, 6.07) is 11.5. The van der Waals surface area contributed by atoms with Gasteiger partial charge in [-0.15, -0.1) is 0 Å². The van der Waals surface area contributed by atoms with Crippen LogP contribution in [0.15, 0.2) is 30.3 Å². The molecule has 1 amide bonds. The van der Waals surface area contributed by atoms with Gasteiger partial charge in [0.2, 0.25) is 5.91 Å². The minimum Gasteiger partial charge on any atom is -0.353 e. The first-order valence-electron chi connectivity index (χ1n) is 11.2. The van der Waals surface area contributed by atoms with Gasteiger partial charge in [-0.3, -0.25) is 4.79 Å². The number of amides is 1. The van der Waals surface area contributed by atoms with E-state index in [1.807, 2.05) is 0 Å². The first-order chi connectivity index (χ1) is 13.1. The minimum absolute atomic E-state index is 0.118. The molecule has 4 bridgehead atoms. The maximum atomic E-state index is 13.8. The highest BCUT2D eigenvalue weighted by atomic mass is 16.2. The van der Waals surface area contributed by atoms with Gasteiger partial charge in [-0.1, -0.05) is 43.7 Å². The van der Waals surface area contributed by atoms with E-state index < -0.39 is 0 Å². The Morgan fingerprint density at radius 2 is 1.89 bits per heavy atom. The Morgan fingerprint density at radius 3 is 2.63 bits per heavy atom. The number of piperidine rings is 1. The van der Waals surface area contributed by atoms with Gasteiger partial charge in [0, 0.05) is 6.04 Å². The van der Waals surface area contributed by atoms with Crippen LogP contribution in [0.5, 0.6) is 0 Å². The smallest absolute Gasteiger partial charge is 0.227 e. The van der Waals surface area contributed by atoms with Crippen LogP contribution >= 0.6 is 0 Å². The van der Waals surface area contributed by atoms with Crippen LogP contribution in [-0.2, 0) is 10.2 Å². The second kappa shape index (κ2) is 6.34. The van der Waals surface area contributed by atoms with Crippen molar-refractivity contribution in [1.29, 1.82) is 0 Å². The normalized spacial score (nSPS) is 40.4. The zero-order chi connectivity index (χ0) is 18.5. The summed E-state index contributed by atoms with van der Waals surface area (Å²) in [6.45, 7) is 4.38. The molecule has 3 heteroatoms. The molecule has 0 radical (unpaired) electrons. The molecular weight excluding hydrogens is 332 g/mol. The van der Waals surface area contributed by atoms with Crippen LogP contribution in [0.3, 0.4) is 0 Å². The Kier molecular flexibility index (Phi) is 4.16. The molecule has 1 aliphatic heterocycles. The molecule has 0 aromatic heterocycles. The van der Waals surface area contributed by atoms with Crippen molar-refractivity contribution >= 4 is 5.91 Å². The minimum atomic E-state index is -0.118. The number of carbonyl (C=O) groups is 1. The van der Waals surface area contributed by atoms with Gasteiger partial charge in [0.25, 0.3) is 0 Å². The summed E-state index contributed by atoms with van der Waals surface area (Å²) in [5.74, 6) is 1.14. The van der Waals surface area contributed by atoms with Crippen molar-refractivity contribution in [3.05, 3.63) is 35.9 Å². The fraction of sp³-hybridized carbons (Fsp3) is 0.708. The molecule has 4 atom stereocenters. The van der Waals surface area contributed by atoms with Crippen LogP contribution in [0.2, 0.25) is 0 Å². The summed E-state index contributed by atoms with van der Waals surface area (Å²) in [5, 5.41) is 6.96. The summed E-state index contributed by atoms with van der Waals surface area (Å²) in [7, 11) is 0. The van der Waals surface area contributed by atoms with E-state index in [4.69, 9.17) is 0 Å². The van der Waals surface area contributed by atoms with E-state index in [9.17, 15) is 4.79 Å². The van der Waals surface area contributed by atoms with Crippen LogP contribution in [0.25, 0.3) is 0 Å². The highest BCUT2D eigenvalue weighted by Crippen LogP contribution is 2.77. The second-order valence-corrected chi connectivity index (χ2v) is 10.1. The van der Waals surface area contributed by atoms with E-state index in [1.165, 1.54) is 37.7 Å². The first kappa shape index (κ1) is 17.7. The molecule has 4 aliphatic carbocycles. The van der Waals surface area contributed by atoms with Gasteiger partial charge in [-0.2, -0.15) is 0 Å². The number of benzene rings is 1. The van der Waals surface area contributed by atoms with Crippen LogP contribution in [0, 0.1) is 16.7 Å². The van der Waals surface area contributed by atoms with Crippen LogP contribution in [0.4, 0.5) is 0 Å². The fourth-order valence-corrected chi connectivity index (χ4v) is 7.89. The van der Waals surface area contributed by atoms with Crippen molar-refractivity contribution in [2.45, 2.75) is 76.2 Å². The third-order valence-electron chi connectivity index (χ3n) is 8.55. The summed E-state index contributed by atoms with van der Waals surface area (Å²) in [6.07, 6.45) is 10.6. The van der Waals surface area contributed by atoms with E-state index in [0.29, 0.717) is 11.9 Å². The van der Waals surface area contributed by atoms with Crippen molar-refractivity contribution in [3.63, 3.8) is 0 Å². The molecule has 146 valence electrons. The van der Waals surface area contributed by atoms with Crippen LogP contribution in [-0.4, -0.2) is 25.0 Å². The van der Waals surface area contributed by atoms with Gasteiger partial charge < -0.3 is 10.6 Å². The maximum absolute atomic E-state index is 13.8. The average molecular weight is 367 g/mol. The lowest BCUT2D eigenvalue weighted by Crippen LogP contribution is -2.52. The lowest BCUT2D eigenvalue weighted by Gasteiger charge is -2.41. The van der Waals surface area contributed by atoms with Crippen LogP contribution in [0.1, 0.15) is 70.3 Å². The number of nitrogens with one attached hydrogen (secondary N) is 2. The van der Waals surface area contributed by atoms with E-state index >= 15 is 0 Å². The Hall–Kier alpha value is -1.35. The van der Waals surface area contributed by atoms with Gasteiger partial charge in [0.15, 0.2) is 0 Å². The van der Waals surface area contributed by atoms with Crippen molar-refractivity contribution in [3.8, 4) is 0 Å². The molecule has 1 saturated heterocycles. The Morgan fingerprint density at radius 1 is 1.11 bits per heavy atom. The monoisotopic (exact) mass is 366 g/mol. The third-order valence-corrected chi connectivity index (χ3v) is 8.55. The summed E-state index contributed by atoms with van der Waals surface area (Å²) in [5.41, 5.74) is 1.85. The summed E-state index contributed by atoms with van der Waals surface area (Å²) >= 11 is 0. The van der Waals surface area contributed by atoms with E-state index in [-0.39, 0.29) is 16.2 Å². The first-order valence-corrected chi connectivity index (χ1v) is 11.2. The molecule has 1 heterocycles. The molecule has 5 aliphatic rings. The van der Waals surface area contributed by atoms with Crippen molar-refractivity contribution < 1.29 is 4.79 Å². The van der Waals surface area contributed by atoms with Gasteiger partial charge in [-0.25, -0.2) is 0 Å². The predicted molar refractivity (Wildman–Crippen MR) is 109 cm³/mol. The molecule has 5 fully saturated rings. The van der Waals surface area contributed by atoms with Gasteiger partial charge >= 0.3 is 0 Å². The zero-order valence-corrected chi connectivity index (χ0v) is 16.7. The largest absolute Gasteiger partial charge is 0.353 e. The molecular formula is C24H34N2O. The number of rotatable bonds is 5. The highest BCUT2D eigenvalue weighted by Gasteiger charge is 2.73. The molecule has 4 saturated carbocycles. The SMILES string of the molecule is CCC[C@]12CC3CC1(C(=O)NC1CCNCC1)C[C@@](c1ccccc1)(C3)C2. The maximum Gasteiger partial charge on any atom is 0.227 e. The van der Waals surface area contributed by atoms with Gasteiger partial charge in [-0.05, 0) is 86.8 Å². The van der Waals surface area contributed by atoms with Crippen LogP contribution < -0.4 is 10.6 Å². The number of hydrogen-bond donors (Lipinski definition) is 2. The third kappa shape index (κ3) is 2.53. The predicted octanol–water partition coefficient (Wildman–Crippen LogP) is 4.17. The van der Waals surface area contributed by atoms with E-state index in [2.05, 4.69) is 47.9 Å². The average Bonchev–Trinajstić information content (AvgIpc) is 3.03. The molecule has 1 aromatic rings. The van der Waals surface area contributed by atoms with Gasteiger partial charge in [0.05, 0.1) is 5.41 Å².